The second kappa shape index (κ2) is 4.37. The van der Waals surface area contributed by atoms with Gasteiger partial charge in [0, 0.05) is 0 Å². The summed E-state index contributed by atoms with van der Waals surface area (Å²) in [5.41, 5.74) is 0. The molecule has 0 unspecified atom stereocenters. The van der Waals surface area contributed by atoms with Crippen molar-refractivity contribution in [1.82, 2.24) is 0 Å². The molecule has 0 aromatic rings. The van der Waals surface area contributed by atoms with E-state index >= 15 is 0 Å². The summed E-state index contributed by atoms with van der Waals surface area (Å²) in [5, 5.41) is 0. The van der Waals surface area contributed by atoms with E-state index in [-0.39, 0.29) is 5.75 Å². The molecule has 0 radical (unpaired) electrons. The summed E-state index contributed by atoms with van der Waals surface area (Å²) in [7, 11) is 0. The molecule has 0 saturated carbocycles. The first kappa shape index (κ1) is 7.21. The lowest BCUT2D eigenvalue weighted by Gasteiger charge is -1.92. The van der Waals surface area contributed by atoms with Gasteiger partial charge in [-0.2, -0.15) is 11.8 Å². The van der Waals surface area contributed by atoms with Gasteiger partial charge in [0.15, 0.2) is 0 Å². The molecule has 0 fully saturated rings. The standard InChI is InChI=1S/C4H8F2S/c1-2-7-3-4(5)6/h4H,2-3H2,1H3. The summed E-state index contributed by atoms with van der Waals surface area (Å²) in [6.45, 7) is 1.87. The molecule has 7 heavy (non-hydrogen) atoms. The summed E-state index contributed by atoms with van der Waals surface area (Å²) in [4.78, 5) is 0. The van der Waals surface area contributed by atoms with Crippen LogP contribution in [0.1, 0.15) is 6.92 Å². The highest BCUT2D eigenvalue weighted by atomic mass is 32.2. The predicted molar refractivity (Wildman–Crippen MR) is 29.0 cm³/mol. The number of hydrogen-bond acceptors (Lipinski definition) is 1. The van der Waals surface area contributed by atoms with E-state index in [1.165, 1.54) is 11.8 Å². The molecule has 0 bridgehead atoms. The maximum absolute atomic E-state index is 11.2. The van der Waals surface area contributed by atoms with Crippen molar-refractivity contribution in [1.29, 1.82) is 0 Å². The Kier molecular flexibility index (Phi) is 4.50. The first-order chi connectivity index (χ1) is 3.27. The second-order valence-corrected chi connectivity index (χ2v) is 2.37. The van der Waals surface area contributed by atoms with Gasteiger partial charge in [0.05, 0.1) is 5.75 Å². The minimum absolute atomic E-state index is 0.0174. The highest BCUT2D eigenvalue weighted by molar-refractivity contribution is 7.99. The first-order valence-electron chi connectivity index (χ1n) is 2.13. The molecule has 0 aromatic carbocycles. The second-order valence-electron chi connectivity index (χ2n) is 1.05. The molecule has 0 nitrogen and oxygen atoms in total. The summed E-state index contributed by atoms with van der Waals surface area (Å²) in [6, 6.07) is 0. The van der Waals surface area contributed by atoms with Crippen molar-refractivity contribution < 1.29 is 8.78 Å². The van der Waals surface area contributed by atoms with Crippen molar-refractivity contribution in [3.8, 4) is 0 Å². The van der Waals surface area contributed by atoms with Crippen LogP contribution in [0.3, 0.4) is 0 Å². The van der Waals surface area contributed by atoms with Crippen LogP contribution in [-0.2, 0) is 0 Å². The molecule has 0 saturated heterocycles. The molecule has 0 N–H and O–H groups in total. The average Bonchev–Trinajstić information content (AvgIpc) is 1.61. The van der Waals surface area contributed by atoms with Crippen LogP contribution < -0.4 is 0 Å². The number of alkyl halides is 2. The monoisotopic (exact) mass is 126 g/mol. The zero-order valence-electron chi connectivity index (χ0n) is 4.16. The van der Waals surface area contributed by atoms with Crippen LogP contribution >= 0.6 is 11.8 Å². The molecule has 0 amide bonds. The topological polar surface area (TPSA) is 0 Å². The van der Waals surface area contributed by atoms with E-state index in [9.17, 15) is 8.78 Å². The van der Waals surface area contributed by atoms with Crippen LogP contribution in [0.25, 0.3) is 0 Å². The smallest absolute Gasteiger partial charge is 0.210 e. The van der Waals surface area contributed by atoms with Crippen molar-refractivity contribution >= 4 is 11.8 Å². The van der Waals surface area contributed by atoms with Gasteiger partial charge in [0.1, 0.15) is 0 Å². The Balaban J connectivity index is 2.68. The van der Waals surface area contributed by atoms with Crippen LogP contribution in [0.2, 0.25) is 0 Å². The van der Waals surface area contributed by atoms with Crippen LogP contribution in [0, 0.1) is 0 Å². The Hall–Kier alpha value is 0.210. The molecule has 0 atom stereocenters. The van der Waals surface area contributed by atoms with E-state index in [2.05, 4.69) is 0 Å². The fraction of sp³-hybridized carbons (Fsp3) is 1.00. The third-order valence-electron chi connectivity index (χ3n) is 0.448. The number of thioether (sulfide) groups is 1. The van der Waals surface area contributed by atoms with E-state index < -0.39 is 6.43 Å². The van der Waals surface area contributed by atoms with Gasteiger partial charge >= 0.3 is 0 Å². The van der Waals surface area contributed by atoms with Gasteiger partial charge in [-0.1, -0.05) is 6.92 Å². The van der Waals surface area contributed by atoms with Gasteiger partial charge in [0.25, 0.3) is 0 Å². The molecule has 0 aliphatic carbocycles. The summed E-state index contributed by atoms with van der Waals surface area (Å²) in [6.07, 6.45) is -2.13. The lowest BCUT2D eigenvalue weighted by Crippen LogP contribution is -1.92. The van der Waals surface area contributed by atoms with E-state index in [1.54, 1.807) is 0 Å². The minimum atomic E-state index is -2.13. The SMILES string of the molecule is CCSCC(F)F. The fourth-order valence-electron chi connectivity index (χ4n) is 0.207. The maximum Gasteiger partial charge on any atom is 0.247 e. The van der Waals surface area contributed by atoms with Crippen LogP contribution in [-0.4, -0.2) is 17.9 Å². The Morgan fingerprint density at radius 3 is 2.29 bits per heavy atom. The molecule has 0 rings (SSSR count). The molecule has 0 aliphatic rings. The van der Waals surface area contributed by atoms with Gasteiger partial charge in [-0.3, -0.25) is 0 Å². The van der Waals surface area contributed by atoms with Crippen LogP contribution in [0.4, 0.5) is 8.78 Å². The number of hydrogen-bond donors (Lipinski definition) is 0. The zero-order valence-corrected chi connectivity index (χ0v) is 4.97. The van der Waals surface area contributed by atoms with Gasteiger partial charge < -0.3 is 0 Å². The Morgan fingerprint density at radius 2 is 2.14 bits per heavy atom. The molecular weight excluding hydrogens is 118 g/mol. The summed E-state index contributed by atoms with van der Waals surface area (Å²) in [5.74, 6) is 0.765. The van der Waals surface area contributed by atoms with E-state index in [4.69, 9.17) is 0 Å². The number of halogens is 2. The molecule has 44 valence electrons. The van der Waals surface area contributed by atoms with Gasteiger partial charge in [-0.05, 0) is 5.75 Å². The molecule has 0 aromatic heterocycles. The third kappa shape index (κ3) is 6.21. The highest BCUT2D eigenvalue weighted by Gasteiger charge is 1.98. The van der Waals surface area contributed by atoms with E-state index in [1.807, 2.05) is 6.92 Å². The van der Waals surface area contributed by atoms with Crippen molar-refractivity contribution in [3.05, 3.63) is 0 Å². The lowest BCUT2D eigenvalue weighted by molar-refractivity contribution is 0.177. The number of rotatable bonds is 3. The molecule has 0 spiro atoms. The van der Waals surface area contributed by atoms with Gasteiger partial charge in [0.2, 0.25) is 6.43 Å². The first-order valence-corrected chi connectivity index (χ1v) is 3.28. The Labute approximate surface area is 46.3 Å². The minimum Gasteiger partial charge on any atom is -0.210 e. The largest absolute Gasteiger partial charge is 0.247 e. The summed E-state index contributed by atoms with van der Waals surface area (Å²) < 4.78 is 22.4. The van der Waals surface area contributed by atoms with Gasteiger partial charge in [-0.25, -0.2) is 8.78 Å². The van der Waals surface area contributed by atoms with Crippen LogP contribution in [0.15, 0.2) is 0 Å². The van der Waals surface area contributed by atoms with Gasteiger partial charge in [-0.15, -0.1) is 0 Å². The average molecular weight is 126 g/mol. The van der Waals surface area contributed by atoms with Crippen molar-refractivity contribution in [2.75, 3.05) is 11.5 Å². The Morgan fingerprint density at radius 1 is 1.57 bits per heavy atom. The molecule has 0 aliphatic heterocycles. The van der Waals surface area contributed by atoms with E-state index in [0.717, 1.165) is 5.75 Å². The lowest BCUT2D eigenvalue weighted by atomic mass is 10.9. The van der Waals surface area contributed by atoms with Crippen LogP contribution in [0.5, 0.6) is 0 Å². The zero-order chi connectivity index (χ0) is 5.70. The molecular formula is C4H8F2S. The predicted octanol–water partition coefficient (Wildman–Crippen LogP) is 2.00. The third-order valence-corrected chi connectivity index (χ3v) is 1.34. The highest BCUT2D eigenvalue weighted by Crippen LogP contribution is 2.04. The fourth-order valence-corrected chi connectivity index (χ4v) is 0.621. The molecule has 3 heteroatoms. The maximum atomic E-state index is 11.2. The van der Waals surface area contributed by atoms with Crippen molar-refractivity contribution in [2.45, 2.75) is 13.3 Å². The Bertz CT molecular complexity index is 38.7. The van der Waals surface area contributed by atoms with Crippen molar-refractivity contribution in [3.63, 3.8) is 0 Å². The van der Waals surface area contributed by atoms with Crippen molar-refractivity contribution in [2.24, 2.45) is 0 Å². The normalized spacial score (nSPS) is 10.3. The summed E-state index contributed by atoms with van der Waals surface area (Å²) >= 11 is 1.27. The quantitative estimate of drug-likeness (QED) is 0.557. The molecule has 0 heterocycles. The van der Waals surface area contributed by atoms with E-state index in [0.29, 0.717) is 0 Å².